The molecule has 2 rings (SSSR count). The minimum absolute atomic E-state index is 0.219. The molecule has 0 aromatic heterocycles. The summed E-state index contributed by atoms with van der Waals surface area (Å²) in [5, 5.41) is 2.39. The Labute approximate surface area is 192 Å². The Morgan fingerprint density at radius 1 is 1.21 bits per heavy atom. The monoisotopic (exact) mass is 467 g/mol. The molecule has 1 aromatic rings. The molecule has 1 saturated heterocycles. The van der Waals surface area contributed by atoms with E-state index in [1.165, 1.54) is 16.8 Å². The summed E-state index contributed by atoms with van der Waals surface area (Å²) in [5.74, 6) is -5.18. The lowest BCUT2D eigenvalue weighted by Crippen LogP contribution is -2.53. The van der Waals surface area contributed by atoms with Crippen LogP contribution >= 0.6 is 0 Å². The van der Waals surface area contributed by atoms with E-state index in [0.29, 0.717) is 19.4 Å². The molecule has 1 aliphatic heterocycles. The Kier molecular flexibility index (Phi) is 9.31. The number of ether oxygens (including phenoxy) is 1. The third-order valence-electron chi connectivity index (χ3n) is 5.55. The smallest absolute Gasteiger partial charge is 0.310 e. The molecule has 0 radical (unpaired) electrons. The van der Waals surface area contributed by atoms with Crippen molar-refractivity contribution in [3.05, 3.63) is 35.4 Å². The molecule has 8 nitrogen and oxygen atoms in total. The van der Waals surface area contributed by atoms with Gasteiger partial charge in [-0.15, -0.1) is 0 Å². The van der Waals surface area contributed by atoms with Crippen molar-refractivity contribution in [3.63, 3.8) is 0 Å². The van der Waals surface area contributed by atoms with E-state index in [1.807, 2.05) is 0 Å². The lowest BCUT2D eigenvalue weighted by atomic mass is 9.98. The molecule has 1 heterocycles. The maximum absolute atomic E-state index is 13.9. The topological polar surface area (TPSA) is 96.0 Å². The van der Waals surface area contributed by atoms with Crippen molar-refractivity contribution in [1.29, 1.82) is 0 Å². The number of carbonyl (C=O) groups is 4. The van der Waals surface area contributed by atoms with Crippen LogP contribution in [-0.4, -0.2) is 72.8 Å². The van der Waals surface area contributed by atoms with Crippen molar-refractivity contribution in [2.75, 3.05) is 33.3 Å². The molecule has 2 atom stereocenters. The normalized spacial score (nSPS) is 16.8. The number of rotatable bonds is 8. The second-order valence-electron chi connectivity index (χ2n) is 8.42. The van der Waals surface area contributed by atoms with Gasteiger partial charge in [0, 0.05) is 20.1 Å². The molecule has 1 aromatic carbocycles. The summed E-state index contributed by atoms with van der Waals surface area (Å²) in [6.07, 6.45) is 1.28. The standard InChI is InChI=1S/C23H31F2N3O5/c1-5-33-23(32)15-8-7-11-28(12-15)18(29)13-27(4)22(31)20(14(2)3)26-21(30)19-16(24)9-6-10-17(19)25/h6,9-10,14-15,20H,5,7-8,11-13H2,1-4H3,(H,26,30). The van der Waals surface area contributed by atoms with Gasteiger partial charge in [0.25, 0.3) is 5.91 Å². The molecule has 1 aliphatic rings. The van der Waals surface area contributed by atoms with Gasteiger partial charge in [0.15, 0.2) is 0 Å². The molecule has 0 saturated carbocycles. The number of nitrogens with one attached hydrogen (secondary N) is 1. The number of amides is 3. The van der Waals surface area contributed by atoms with Gasteiger partial charge < -0.3 is 19.9 Å². The summed E-state index contributed by atoms with van der Waals surface area (Å²) in [6.45, 7) is 5.75. The van der Waals surface area contributed by atoms with Gasteiger partial charge in [0.05, 0.1) is 19.1 Å². The molecular formula is C23H31F2N3O5. The van der Waals surface area contributed by atoms with Crippen LogP contribution in [0.15, 0.2) is 18.2 Å². The van der Waals surface area contributed by atoms with Crippen molar-refractivity contribution in [3.8, 4) is 0 Å². The molecule has 2 unspecified atom stereocenters. The van der Waals surface area contributed by atoms with Gasteiger partial charge in [0.1, 0.15) is 23.2 Å². The van der Waals surface area contributed by atoms with Crippen LogP contribution in [0.25, 0.3) is 0 Å². The number of carbonyl (C=O) groups excluding carboxylic acids is 4. The van der Waals surface area contributed by atoms with E-state index in [2.05, 4.69) is 5.32 Å². The van der Waals surface area contributed by atoms with E-state index < -0.39 is 46.9 Å². The zero-order valence-corrected chi connectivity index (χ0v) is 19.4. The van der Waals surface area contributed by atoms with Gasteiger partial charge in [-0.1, -0.05) is 19.9 Å². The van der Waals surface area contributed by atoms with Crippen LogP contribution in [0.4, 0.5) is 8.78 Å². The van der Waals surface area contributed by atoms with Crippen molar-refractivity contribution >= 4 is 23.7 Å². The highest BCUT2D eigenvalue weighted by atomic mass is 19.1. The molecule has 0 spiro atoms. The van der Waals surface area contributed by atoms with Crippen LogP contribution in [0.1, 0.15) is 44.0 Å². The first-order valence-electron chi connectivity index (χ1n) is 11.0. The van der Waals surface area contributed by atoms with Gasteiger partial charge in [-0.05, 0) is 37.8 Å². The van der Waals surface area contributed by atoms with E-state index in [4.69, 9.17) is 4.74 Å². The van der Waals surface area contributed by atoms with E-state index in [0.717, 1.165) is 18.2 Å². The number of likely N-dealkylation sites (tertiary alicyclic amines) is 1. The molecule has 10 heteroatoms. The van der Waals surface area contributed by atoms with Crippen LogP contribution in [0, 0.1) is 23.5 Å². The number of halogens is 2. The number of benzene rings is 1. The molecule has 0 aliphatic carbocycles. The SMILES string of the molecule is CCOC(=O)C1CCCN(C(=O)CN(C)C(=O)C(NC(=O)c2c(F)cccc2F)C(C)C)C1. The maximum Gasteiger partial charge on any atom is 0.310 e. The fraction of sp³-hybridized carbons (Fsp3) is 0.565. The average molecular weight is 468 g/mol. The van der Waals surface area contributed by atoms with E-state index in [1.54, 1.807) is 20.8 Å². The summed E-state index contributed by atoms with van der Waals surface area (Å²) in [5.41, 5.74) is -0.770. The zero-order chi connectivity index (χ0) is 24.7. The predicted octanol–water partition coefficient (Wildman–Crippen LogP) is 1.98. The van der Waals surface area contributed by atoms with Gasteiger partial charge in [-0.2, -0.15) is 0 Å². The Morgan fingerprint density at radius 2 is 1.85 bits per heavy atom. The number of hydrogen-bond acceptors (Lipinski definition) is 5. The lowest BCUT2D eigenvalue weighted by molar-refractivity contribution is -0.152. The van der Waals surface area contributed by atoms with Crippen LogP contribution in [0.2, 0.25) is 0 Å². The number of hydrogen-bond donors (Lipinski definition) is 1. The fourth-order valence-electron chi connectivity index (χ4n) is 3.72. The van der Waals surface area contributed by atoms with Crippen LogP contribution in [0.5, 0.6) is 0 Å². The summed E-state index contributed by atoms with van der Waals surface area (Å²) < 4.78 is 32.9. The van der Waals surface area contributed by atoms with Crippen molar-refractivity contribution in [2.24, 2.45) is 11.8 Å². The van der Waals surface area contributed by atoms with Crippen molar-refractivity contribution in [1.82, 2.24) is 15.1 Å². The minimum atomic E-state index is -1.09. The highest BCUT2D eigenvalue weighted by Gasteiger charge is 2.33. The molecule has 3 amide bonds. The Balaban J connectivity index is 2.04. The van der Waals surface area contributed by atoms with Gasteiger partial charge in [-0.3, -0.25) is 19.2 Å². The molecule has 0 bridgehead atoms. The average Bonchev–Trinajstić information content (AvgIpc) is 2.76. The first-order valence-corrected chi connectivity index (χ1v) is 11.0. The number of nitrogens with zero attached hydrogens (tertiary/aromatic N) is 2. The van der Waals surface area contributed by atoms with E-state index >= 15 is 0 Å². The van der Waals surface area contributed by atoms with Gasteiger partial charge in [-0.25, -0.2) is 8.78 Å². The van der Waals surface area contributed by atoms with Gasteiger partial charge >= 0.3 is 5.97 Å². The van der Waals surface area contributed by atoms with E-state index in [-0.39, 0.29) is 31.6 Å². The summed E-state index contributed by atoms with van der Waals surface area (Å²) in [6, 6.07) is 1.95. The Bertz CT molecular complexity index is 873. The van der Waals surface area contributed by atoms with Crippen LogP contribution in [-0.2, 0) is 19.1 Å². The second-order valence-corrected chi connectivity index (χ2v) is 8.42. The number of likely N-dealkylation sites (N-methyl/N-ethyl adjacent to an activating group) is 1. The highest BCUT2D eigenvalue weighted by molar-refractivity contribution is 5.98. The molecule has 1 N–H and O–H groups in total. The number of piperidine rings is 1. The fourth-order valence-corrected chi connectivity index (χ4v) is 3.72. The highest BCUT2D eigenvalue weighted by Crippen LogP contribution is 2.19. The predicted molar refractivity (Wildman–Crippen MR) is 116 cm³/mol. The summed E-state index contributed by atoms with van der Waals surface area (Å²) >= 11 is 0. The third kappa shape index (κ3) is 6.72. The molecule has 1 fully saturated rings. The maximum atomic E-state index is 13.9. The summed E-state index contributed by atoms with van der Waals surface area (Å²) in [7, 11) is 1.41. The van der Waals surface area contributed by atoms with Gasteiger partial charge in [0.2, 0.25) is 11.8 Å². The van der Waals surface area contributed by atoms with Crippen LogP contribution in [0.3, 0.4) is 0 Å². The Morgan fingerprint density at radius 3 is 2.42 bits per heavy atom. The lowest BCUT2D eigenvalue weighted by Gasteiger charge is -2.33. The second kappa shape index (κ2) is 11.7. The van der Waals surface area contributed by atoms with E-state index in [9.17, 15) is 28.0 Å². The third-order valence-corrected chi connectivity index (χ3v) is 5.55. The molecular weight excluding hydrogens is 436 g/mol. The first kappa shape index (κ1) is 26.2. The van der Waals surface area contributed by atoms with Crippen LogP contribution < -0.4 is 5.32 Å². The first-order chi connectivity index (χ1) is 15.6. The van der Waals surface area contributed by atoms with Crippen molar-refractivity contribution in [2.45, 2.75) is 39.7 Å². The van der Waals surface area contributed by atoms with Crippen molar-refractivity contribution < 1.29 is 32.7 Å². The summed E-state index contributed by atoms with van der Waals surface area (Å²) in [4.78, 5) is 52.9. The molecule has 33 heavy (non-hydrogen) atoms. The largest absolute Gasteiger partial charge is 0.466 e. The minimum Gasteiger partial charge on any atom is -0.466 e. The number of esters is 1. The quantitative estimate of drug-likeness (QED) is 0.590. The molecule has 182 valence electrons. The zero-order valence-electron chi connectivity index (χ0n) is 19.4. The Hall–Kier alpha value is -3.04.